The highest BCUT2D eigenvalue weighted by molar-refractivity contribution is 6.31. The second kappa shape index (κ2) is 6.75. The van der Waals surface area contributed by atoms with E-state index in [9.17, 15) is 4.79 Å². The van der Waals surface area contributed by atoms with Crippen LogP contribution in [0.4, 0.5) is 0 Å². The molecule has 5 nitrogen and oxygen atoms in total. The van der Waals surface area contributed by atoms with Gasteiger partial charge in [0.05, 0.1) is 12.1 Å². The largest absolute Gasteiger partial charge is 0.487 e. The maximum absolute atomic E-state index is 12.5. The molecule has 0 bridgehead atoms. The number of amides is 1. The Morgan fingerprint density at radius 2 is 2.14 bits per heavy atom. The van der Waals surface area contributed by atoms with Gasteiger partial charge in [-0.15, -0.1) is 0 Å². The zero-order valence-corrected chi connectivity index (χ0v) is 12.7. The van der Waals surface area contributed by atoms with E-state index < -0.39 is 0 Å². The van der Waals surface area contributed by atoms with Crippen molar-refractivity contribution in [1.29, 1.82) is 0 Å². The lowest BCUT2D eigenvalue weighted by Crippen LogP contribution is -2.44. The van der Waals surface area contributed by atoms with Crippen molar-refractivity contribution in [3.63, 3.8) is 0 Å². The summed E-state index contributed by atoms with van der Waals surface area (Å²) in [6.07, 6.45) is 8.18. The van der Waals surface area contributed by atoms with E-state index in [4.69, 9.17) is 16.3 Å². The van der Waals surface area contributed by atoms with Gasteiger partial charge in [-0.2, -0.15) is 0 Å². The lowest BCUT2D eigenvalue weighted by atomic mass is 10.1. The summed E-state index contributed by atoms with van der Waals surface area (Å²) < 4.78 is 5.92. The molecule has 22 heavy (non-hydrogen) atoms. The number of aromatic nitrogens is 2. The Kier molecular flexibility index (Phi) is 4.53. The number of hydrogen-bond acceptors (Lipinski definition) is 4. The number of halogens is 1. The highest BCUT2D eigenvalue weighted by atomic mass is 35.5. The van der Waals surface area contributed by atoms with Crippen molar-refractivity contribution < 1.29 is 9.53 Å². The molecule has 0 unspecified atom stereocenters. The normalized spacial score (nSPS) is 18.0. The van der Waals surface area contributed by atoms with Crippen molar-refractivity contribution >= 4 is 17.5 Å². The van der Waals surface area contributed by atoms with Crippen LogP contribution >= 0.6 is 11.6 Å². The number of pyridine rings is 2. The fourth-order valence-electron chi connectivity index (χ4n) is 2.53. The van der Waals surface area contributed by atoms with E-state index in [1.807, 2.05) is 0 Å². The van der Waals surface area contributed by atoms with Crippen molar-refractivity contribution in [2.75, 3.05) is 13.1 Å². The lowest BCUT2D eigenvalue weighted by molar-refractivity contribution is 0.0537. The van der Waals surface area contributed by atoms with Crippen LogP contribution in [0.1, 0.15) is 23.2 Å². The molecule has 0 N–H and O–H groups in total. The molecule has 1 amide bonds. The van der Waals surface area contributed by atoms with Gasteiger partial charge in [-0.05, 0) is 25.0 Å². The van der Waals surface area contributed by atoms with Crippen molar-refractivity contribution in [1.82, 2.24) is 14.9 Å². The average Bonchev–Trinajstić information content (AvgIpc) is 2.57. The first kappa shape index (κ1) is 14.8. The van der Waals surface area contributed by atoms with Crippen LogP contribution in [-0.4, -0.2) is 40.0 Å². The SMILES string of the molecule is O=C(c1cccnc1)N1CCC[C@@H](Oc2ccncc2Cl)C1. The quantitative estimate of drug-likeness (QED) is 0.873. The third-order valence-corrected chi connectivity index (χ3v) is 3.89. The maximum atomic E-state index is 12.5. The molecule has 3 heterocycles. The standard InChI is InChI=1S/C16H16ClN3O2/c17-14-10-19-7-5-15(14)22-13-4-2-8-20(11-13)16(21)12-3-1-6-18-9-12/h1,3,5-7,9-10,13H,2,4,8,11H2/t13-/m1/s1. The molecule has 3 rings (SSSR count). The summed E-state index contributed by atoms with van der Waals surface area (Å²) in [6.45, 7) is 1.28. The molecule has 1 atom stereocenters. The van der Waals surface area contributed by atoms with Crippen LogP contribution < -0.4 is 4.74 Å². The number of piperidine rings is 1. The summed E-state index contributed by atoms with van der Waals surface area (Å²) >= 11 is 6.06. The molecule has 6 heteroatoms. The van der Waals surface area contributed by atoms with Crippen LogP contribution in [0.2, 0.25) is 5.02 Å². The van der Waals surface area contributed by atoms with Crippen LogP contribution in [0.3, 0.4) is 0 Å². The van der Waals surface area contributed by atoms with E-state index in [1.54, 1.807) is 47.9 Å². The predicted molar refractivity (Wildman–Crippen MR) is 83.0 cm³/mol. The third-order valence-electron chi connectivity index (χ3n) is 3.60. The molecule has 0 radical (unpaired) electrons. The van der Waals surface area contributed by atoms with Crippen molar-refractivity contribution in [3.8, 4) is 5.75 Å². The minimum Gasteiger partial charge on any atom is -0.487 e. The number of carbonyl (C=O) groups excluding carboxylic acids is 1. The molecule has 2 aromatic rings. The second-order valence-corrected chi connectivity index (χ2v) is 5.59. The minimum atomic E-state index is -0.0609. The molecule has 0 saturated carbocycles. The average molecular weight is 318 g/mol. The first-order valence-electron chi connectivity index (χ1n) is 7.19. The van der Waals surface area contributed by atoms with Crippen LogP contribution in [0.15, 0.2) is 43.0 Å². The Morgan fingerprint density at radius 1 is 1.27 bits per heavy atom. The highest BCUT2D eigenvalue weighted by Gasteiger charge is 2.26. The number of likely N-dealkylation sites (tertiary alicyclic amines) is 1. The second-order valence-electron chi connectivity index (χ2n) is 5.18. The first-order valence-corrected chi connectivity index (χ1v) is 7.57. The summed E-state index contributed by atoms with van der Waals surface area (Å²) in [4.78, 5) is 22.2. The summed E-state index contributed by atoms with van der Waals surface area (Å²) in [5.74, 6) is 0.597. The zero-order valence-electron chi connectivity index (χ0n) is 12.0. The molecule has 114 valence electrons. The molecule has 1 fully saturated rings. The maximum Gasteiger partial charge on any atom is 0.255 e. The van der Waals surface area contributed by atoms with Gasteiger partial charge in [-0.25, -0.2) is 0 Å². The third kappa shape index (κ3) is 3.36. The van der Waals surface area contributed by atoms with Gasteiger partial charge in [-0.3, -0.25) is 14.8 Å². The Labute approximate surface area is 133 Å². The Morgan fingerprint density at radius 3 is 2.91 bits per heavy atom. The van der Waals surface area contributed by atoms with Gasteiger partial charge in [0.25, 0.3) is 5.91 Å². The number of ether oxygens (including phenoxy) is 1. The number of rotatable bonds is 3. The highest BCUT2D eigenvalue weighted by Crippen LogP contribution is 2.25. The zero-order chi connectivity index (χ0) is 15.4. The molecule has 0 spiro atoms. The van der Waals surface area contributed by atoms with E-state index in [-0.39, 0.29) is 12.0 Å². The van der Waals surface area contributed by atoms with Crippen LogP contribution in [0.5, 0.6) is 5.75 Å². The number of nitrogens with zero attached hydrogens (tertiary/aromatic N) is 3. The molecule has 1 saturated heterocycles. The molecule has 0 aromatic carbocycles. The molecular weight excluding hydrogens is 302 g/mol. The Balaban J connectivity index is 1.67. The van der Waals surface area contributed by atoms with Gasteiger partial charge in [0.1, 0.15) is 16.9 Å². The summed E-state index contributed by atoms with van der Waals surface area (Å²) in [5.41, 5.74) is 0.602. The van der Waals surface area contributed by atoms with Gasteiger partial charge in [-0.1, -0.05) is 11.6 Å². The van der Waals surface area contributed by atoms with Gasteiger partial charge < -0.3 is 9.64 Å². The summed E-state index contributed by atoms with van der Waals surface area (Å²) in [7, 11) is 0. The predicted octanol–water partition coefficient (Wildman–Crippen LogP) is 2.81. The van der Waals surface area contributed by atoms with Crippen LogP contribution in [0.25, 0.3) is 0 Å². The Hall–Kier alpha value is -2.14. The fraction of sp³-hybridized carbons (Fsp3) is 0.312. The first-order chi connectivity index (χ1) is 10.7. The van der Waals surface area contributed by atoms with Crippen LogP contribution in [0, 0.1) is 0 Å². The smallest absolute Gasteiger partial charge is 0.255 e. The molecule has 2 aromatic heterocycles. The lowest BCUT2D eigenvalue weighted by Gasteiger charge is -2.33. The number of carbonyl (C=O) groups is 1. The van der Waals surface area contributed by atoms with Crippen LogP contribution in [-0.2, 0) is 0 Å². The van der Waals surface area contributed by atoms with Crippen molar-refractivity contribution in [3.05, 3.63) is 53.6 Å². The van der Waals surface area contributed by atoms with E-state index in [0.717, 1.165) is 19.4 Å². The van der Waals surface area contributed by atoms with Gasteiger partial charge >= 0.3 is 0 Å². The monoisotopic (exact) mass is 317 g/mol. The Bertz CT molecular complexity index is 651. The van der Waals surface area contributed by atoms with E-state index in [1.165, 1.54) is 0 Å². The topological polar surface area (TPSA) is 55.3 Å². The molecule has 0 aliphatic carbocycles. The summed E-state index contributed by atoms with van der Waals surface area (Å²) in [6, 6.07) is 5.28. The molecular formula is C16H16ClN3O2. The van der Waals surface area contributed by atoms with E-state index in [0.29, 0.717) is 22.9 Å². The van der Waals surface area contributed by atoms with Crippen molar-refractivity contribution in [2.45, 2.75) is 18.9 Å². The van der Waals surface area contributed by atoms with Gasteiger partial charge in [0, 0.05) is 37.4 Å². The van der Waals surface area contributed by atoms with Crippen molar-refractivity contribution in [2.24, 2.45) is 0 Å². The summed E-state index contributed by atoms with van der Waals surface area (Å²) in [5, 5.41) is 0.484. The minimum absolute atomic E-state index is 0.0118. The molecule has 1 aliphatic heterocycles. The van der Waals surface area contributed by atoms with E-state index in [2.05, 4.69) is 9.97 Å². The van der Waals surface area contributed by atoms with Gasteiger partial charge in [0.2, 0.25) is 0 Å². The van der Waals surface area contributed by atoms with Gasteiger partial charge in [0.15, 0.2) is 0 Å². The molecule has 1 aliphatic rings. The fourth-order valence-corrected chi connectivity index (χ4v) is 2.69. The number of hydrogen-bond donors (Lipinski definition) is 0. The van der Waals surface area contributed by atoms with E-state index >= 15 is 0 Å².